The Kier molecular flexibility index (Phi) is 6.29. The Morgan fingerprint density at radius 3 is 2.73 bits per heavy atom. The molecule has 1 saturated heterocycles. The van der Waals surface area contributed by atoms with E-state index in [1.807, 2.05) is 6.92 Å². The van der Waals surface area contributed by atoms with Gasteiger partial charge in [0.2, 0.25) is 0 Å². The van der Waals surface area contributed by atoms with Crippen LogP contribution in [0.15, 0.2) is 12.3 Å². The fraction of sp³-hybridized carbons (Fsp3) is 0.556. The van der Waals surface area contributed by atoms with Crippen LogP contribution in [0.1, 0.15) is 26.5 Å². The van der Waals surface area contributed by atoms with Gasteiger partial charge < -0.3 is 15.0 Å². The van der Waals surface area contributed by atoms with Gasteiger partial charge in [-0.05, 0) is 20.8 Å². The fourth-order valence-electron chi connectivity index (χ4n) is 2.85. The molecule has 2 N–H and O–H groups in total. The number of hydrogen-bond acceptors (Lipinski definition) is 9. The van der Waals surface area contributed by atoms with Gasteiger partial charge in [-0.2, -0.15) is 0 Å². The SMILES string of the molecule is CNC(=O)Nc1ncc(-c2nc(N3CCOC[C@@H]3C)cc(C(C)(C)S(C)(=O)=O)n2)s1. The van der Waals surface area contributed by atoms with E-state index in [0.29, 0.717) is 47.1 Å². The van der Waals surface area contributed by atoms with Crippen LogP contribution >= 0.6 is 11.3 Å². The number of anilines is 2. The zero-order chi connectivity index (χ0) is 22.1. The normalized spacial score (nSPS) is 17.6. The van der Waals surface area contributed by atoms with Crippen LogP contribution < -0.4 is 15.5 Å². The summed E-state index contributed by atoms with van der Waals surface area (Å²) >= 11 is 1.21. The number of rotatable bonds is 5. The number of ether oxygens (including phenoxy) is 1. The third kappa shape index (κ3) is 4.55. The molecule has 3 rings (SSSR count). The van der Waals surface area contributed by atoms with Crippen LogP contribution in [-0.4, -0.2) is 68.5 Å². The summed E-state index contributed by atoms with van der Waals surface area (Å²) in [5, 5.41) is 5.47. The summed E-state index contributed by atoms with van der Waals surface area (Å²) in [7, 11) is -1.93. The summed E-state index contributed by atoms with van der Waals surface area (Å²) < 4.78 is 29.2. The molecule has 0 aromatic carbocycles. The standard InChI is InChI=1S/C18H26N6O4S2/c1-11-10-28-7-6-24(11)14-8-13(18(2,3)30(5,26)27)21-15(22-14)12-9-20-17(29-12)23-16(25)19-4/h8-9,11H,6-7,10H2,1-5H3,(H2,19,20,23,25)/t11-/m0/s1. The molecule has 1 atom stereocenters. The van der Waals surface area contributed by atoms with Gasteiger partial charge in [0.15, 0.2) is 20.8 Å². The third-order valence-corrected chi connectivity index (χ3v) is 8.06. The number of amides is 2. The fourth-order valence-corrected chi connectivity index (χ4v) is 4.08. The van der Waals surface area contributed by atoms with Crippen molar-refractivity contribution in [3.05, 3.63) is 18.0 Å². The highest BCUT2D eigenvalue weighted by Gasteiger charge is 2.36. The largest absolute Gasteiger partial charge is 0.377 e. The number of morpholine rings is 1. The van der Waals surface area contributed by atoms with Gasteiger partial charge in [0, 0.05) is 25.9 Å². The number of sulfone groups is 1. The van der Waals surface area contributed by atoms with Gasteiger partial charge in [0.05, 0.1) is 36.0 Å². The average molecular weight is 455 g/mol. The summed E-state index contributed by atoms with van der Waals surface area (Å²) in [5.41, 5.74) is 0.401. The van der Waals surface area contributed by atoms with Crippen LogP contribution in [0.4, 0.5) is 15.7 Å². The van der Waals surface area contributed by atoms with Crippen molar-refractivity contribution in [3.63, 3.8) is 0 Å². The molecule has 12 heteroatoms. The van der Waals surface area contributed by atoms with E-state index in [4.69, 9.17) is 9.72 Å². The zero-order valence-electron chi connectivity index (χ0n) is 17.6. The van der Waals surface area contributed by atoms with Crippen molar-refractivity contribution in [1.82, 2.24) is 20.3 Å². The van der Waals surface area contributed by atoms with E-state index >= 15 is 0 Å². The van der Waals surface area contributed by atoms with Crippen molar-refractivity contribution in [2.45, 2.75) is 31.6 Å². The molecule has 0 saturated carbocycles. The number of aromatic nitrogens is 3. The smallest absolute Gasteiger partial charge is 0.320 e. The van der Waals surface area contributed by atoms with Gasteiger partial charge in [-0.25, -0.2) is 28.2 Å². The topological polar surface area (TPSA) is 126 Å². The number of urea groups is 1. The summed E-state index contributed by atoms with van der Waals surface area (Å²) in [4.78, 5) is 27.7. The average Bonchev–Trinajstić information content (AvgIpc) is 3.15. The molecule has 0 bridgehead atoms. The van der Waals surface area contributed by atoms with Gasteiger partial charge in [-0.15, -0.1) is 0 Å². The first-order chi connectivity index (χ1) is 14.0. The van der Waals surface area contributed by atoms with Crippen molar-refractivity contribution >= 4 is 38.2 Å². The molecular weight excluding hydrogens is 428 g/mol. The molecule has 2 aromatic rings. The minimum absolute atomic E-state index is 0.0858. The quantitative estimate of drug-likeness (QED) is 0.701. The van der Waals surface area contributed by atoms with Crippen molar-refractivity contribution < 1.29 is 17.9 Å². The Labute approximate surface area is 180 Å². The molecule has 3 heterocycles. The number of hydrogen-bond donors (Lipinski definition) is 2. The summed E-state index contributed by atoms with van der Waals surface area (Å²) in [6, 6.07) is 1.44. The highest BCUT2D eigenvalue weighted by Crippen LogP contribution is 2.34. The van der Waals surface area contributed by atoms with E-state index in [2.05, 4.69) is 25.5 Å². The van der Waals surface area contributed by atoms with Gasteiger partial charge in [0.1, 0.15) is 10.6 Å². The second-order valence-electron chi connectivity index (χ2n) is 7.57. The van der Waals surface area contributed by atoms with Gasteiger partial charge in [0.25, 0.3) is 0 Å². The molecule has 0 unspecified atom stereocenters. The van der Waals surface area contributed by atoms with Crippen LogP contribution in [0.5, 0.6) is 0 Å². The highest BCUT2D eigenvalue weighted by molar-refractivity contribution is 7.91. The molecular formula is C18H26N6O4S2. The molecule has 2 amide bonds. The van der Waals surface area contributed by atoms with E-state index < -0.39 is 14.6 Å². The van der Waals surface area contributed by atoms with E-state index in [9.17, 15) is 13.2 Å². The predicted octanol–water partition coefficient (Wildman–Crippen LogP) is 1.86. The third-order valence-electron chi connectivity index (χ3n) is 5.09. The van der Waals surface area contributed by atoms with E-state index in [1.165, 1.54) is 24.6 Å². The Bertz CT molecular complexity index is 1040. The molecule has 0 spiro atoms. The molecule has 0 aliphatic carbocycles. The van der Waals surface area contributed by atoms with Crippen LogP contribution in [0, 0.1) is 0 Å². The van der Waals surface area contributed by atoms with Crippen molar-refractivity contribution in [2.75, 3.05) is 43.3 Å². The predicted molar refractivity (Wildman–Crippen MR) is 117 cm³/mol. The number of thiazole rings is 1. The molecule has 30 heavy (non-hydrogen) atoms. The van der Waals surface area contributed by atoms with Crippen molar-refractivity contribution in [1.29, 1.82) is 0 Å². The first kappa shape index (κ1) is 22.4. The lowest BCUT2D eigenvalue weighted by atomic mass is 10.1. The summed E-state index contributed by atoms with van der Waals surface area (Å²) in [5.74, 6) is 0.997. The lowest BCUT2D eigenvalue weighted by Crippen LogP contribution is -2.44. The maximum absolute atomic E-state index is 12.5. The molecule has 164 valence electrons. The zero-order valence-corrected chi connectivity index (χ0v) is 19.2. The number of nitrogens with zero attached hydrogens (tertiary/aromatic N) is 4. The molecule has 1 aliphatic rings. The van der Waals surface area contributed by atoms with Gasteiger partial charge in [-0.3, -0.25) is 5.32 Å². The molecule has 2 aromatic heterocycles. The number of carbonyl (C=O) groups excluding carboxylic acids is 1. The molecule has 1 aliphatic heterocycles. The Morgan fingerprint density at radius 2 is 2.10 bits per heavy atom. The lowest BCUT2D eigenvalue weighted by molar-refractivity contribution is 0.0985. The Hall–Kier alpha value is -2.31. The highest BCUT2D eigenvalue weighted by atomic mass is 32.2. The summed E-state index contributed by atoms with van der Waals surface area (Å²) in [6.07, 6.45) is 2.76. The maximum Gasteiger partial charge on any atom is 0.320 e. The second kappa shape index (κ2) is 8.44. The van der Waals surface area contributed by atoms with Crippen molar-refractivity contribution in [3.8, 4) is 10.7 Å². The van der Waals surface area contributed by atoms with Crippen LogP contribution in [0.25, 0.3) is 10.7 Å². The summed E-state index contributed by atoms with van der Waals surface area (Å²) in [6.45, 7) is 7.06. The van der Waals surface area contributed by atoms with E-state index in [-0.39, 0.29) is 12.1 Å². The Morgan fingerprint density at radius 1 is 1.37 bits per heavy atom. The van der Waals surface area contributed by atoms with Crippen molar-refractivity contribution in [2.24, 2.45) is 0 Å². The monoisotopic (exact) mass is 454 g/mol. The number of carbonyl (C=O) groups is 1. The van der Waals surface area contributed by atoms with Gasteiger partial charge >= 0.3 is 6.03 Å². The molecule has 10 nitrogen and oxygen atoms in total. The minimum Gasteiger partial charge on any atom is -0.377 e. The lowest BCUT2D eigenvalue weighted by Gasteiger charge is -2.35. The van der Waals surface area contributed by atoms with E-state index in [1.54, 1.807) is 26.1 Å². The first-order valence-corrected chi connectivity index (χ1v) is 12.1. The first-order valence-electron chi connectivity index (χ1n) is 9.41. The van der Waals surface area contributed by atoms with E-state index in [0.717, 1.165) is 0 Å². The molecule has 1 fully saturated rings. The maximum atomic E-state index is 12.5. The Balaban J connectivity index is 2.09. The van der Waals surface area contributed by atoms with Crippen LogP contribution in [0.3, 0.4) is 0 Å². The molecule has 0 radical (unpaired) electrons. The van der Waals surface area contributed by atoms with Crippen LogP contribution in [-0.2, 0) is 19.3 Å². The van der Waals surface area contributed by atoms with Crippen LogP contribution in [0.2, 0.25) is 0 Å². The number of nitrogens with one attached hydrogen (secondary N) is 2. The second-order valence-corrected chi connectivity index (χ2v) is 11.2. The minimum atomic E-state index is -3.44. The van der Waals surface area contributed by atoms with Gasteiger partial charge in [-0.1, -0.05) is 11.3 Å².